The fourth-order valence-electron chi connectivity index (χ4n) is 2.07. The Morgan fingerprint density at radius 2 is 1.95 bits per heavy atom. The Balaban J connectivity index is 3.09. The third kappa shape index (κ3) is 4.89. The maximum absolute atomic E-state index is 12.9. The summed E-state index contributed by atoms with van der Waals surface area (Å²) in [7, 11) is -2.61. The van der Waals surface area contributed by atoms with Crippen LogP contribution in [0.1, 0.15) is 46.8 Å². The molecule has 0 aromatic heterocycles. The van der Waals surface area contributed by atoms with Crippen LogP contribution in [0.4, 0.5) is 4.39 Å². The fourth-order valence-corrected chi connectivity index (χ4v) is 2.64. The quantitative estimate of drug-likeness (QED) is 0.478. The Morgan fingerprint density at radius 3 is 2.50 bits per heavy atom. The molecule has 5 heteroatoms. The van der Waals surface area contributed by atoms with Gasteiger partial charge in [-0.2, -0.15) is 4.39 Å². The van der Waals surface area contributed by atoms with E-state index in [1.807, 2.05) is 19.1 Å². The molecule has 1 rings (SSSR count). The largest absolute Gasteiger partial charge is 0.332 e. The number of carbonyl (C=O) groups is 1. The molecule has 0 amide bonds. The molecule has 0 fully saturated rings. The van der Waals surface area contributed by atoms with E-state index in [9.17, 15) is 17.6 Å². The molecule has 0 unspecified atom stereocenters. The van der Waals surface area contributed by atoms with E-state index in [4.69, 9.17) is 0 Å². The summed E-state index contributed by atoms with van der Waals surface area (Å²) in [5, 5.41) is 0. The van der Waals surface area contributed by atoms with Gasteiger partial charge in [0.2, 0.25) is 0 Å². The molecule has 110 valence electrons. The standard InChI is InChI=1S/C15H19FO3S/c1-3-4-5-6-7-12-8-11(2)14(15(16)17)9-13(12)10-20(18)19/h4-5,8-9,20H,3,6-7,10H2,1-2H3. The lowest BCUT2D eigenvalue weighted by Crippen LogP contribution is -2.03. The van der Waals surface area contributed by atoms with Crippen molar-refractivity contribution in [3.63, 3.8) is 0 Å². The van der Waals surface area contributed by atoms with Gasteiger partial charge in [-0.1, -0.05) is 25.1 Å². The minimum absolute atomic E-state index is 0.0512. The van der Waals surface area contributed by atoms with Gasteiger partial charge in [0.05, 0.1) is 11.3 Å². The van der Waals surface area contributed by atoms with Crippen molar-refractivity contribution in [2.45, 2.75) is 38.9 Å². The molecule has 0 spiro atoms. The van der Waals surface area contributed by atoms with Crippen molar-refractivity contribution in [1.82, 2.24) is 0 Å². The molecule has 0 aliphatic carbocycles. The van der Waals surface area contributed by atoms with Gasteiger partial charge in [-0.15, -0.1) is 0 Å². The van der Waals surface area contributed by atoms with Gasteiger partial charge >= 0.3 is 6.04 Å². The Bertz CT molecular complexity index is 581. The predicted octanol–water partition coefficient (Wildman–Crippen LogP) is 3.11. The van der Waals surface area contributed by atoms with E-state index < -0.39 is 16.7 Å². The van der Waals surface area contributed by atoms with Crippen molar-refractivity contribution in [2.24, 2.45) is 0 Å². The molecular weight excluding hydrogens is 279 g/mol. The molecule has 0 bridgehead atoms. The molecule has 0 radical (unpaired) electrons. The number of hydrogen-bond acceptors (Lipinski definition) is 3. The van der Waals surface area contributed by atoms with Gasteiger partial charge in [0.15, 0.2) is 0 Å². The lowest BCUT2D eigenvalue weighted by molar-refractivity contribution is 0.0835. The summed E-state index contributed by atoms with van der Waals surface area (Å²) in [5.41, 5.74) is 1.85. The van der Waals surface area contributed by atoms with Crippen LogP contribution in [0.5, 0.6) is 0 Å². The Labute approximate surface area is 120 Å². The zero-order valence-corrected chi connectivity index (χ0v) is 12.6. The summed E-state index contributed by atoms with van der Waals surface area (Å²) in [6, 6.07) is 1.55. The van der Waals surface area contributed by atoms with Crippen molar-refractivity contribution in [2.75, 3.05) is 0 Å². The first-order valence-electron chi connectivity index (χ1n) is 6.54. The second-order valence-corrected chi connectivity index (χ2v) is 5.60. The molecule has 20 heavy (non-hydrogen) atoms. The van der Waals surface area contributed by atoms with Crippen LogP contribution in [0.25, 0.3) is 0 Å². The van der Waals surface area contributed by atoms with Gasteiger partial charge in [0, 0.05) is 0 Å². The number of allylic oxidation sites excluding steroid dienone is 2. The zero-order valence-electron chi connectivity index (χ0n) is 11.7. The van der Waals surface area contributed by atoms with Gasteiger partial charge in [-0.05, 0) is 48.9 Å². The Kier molecular flexibility index (Phi) is 6.58. The van der Waals surface area contributed by atoms with E-state index in [0.29, 0.717) is 17.5 Å². The first-order chi connectivity index (χ1) is 9.45. The van der Waals surface area contributed by atoms with Crippen molar-refractivity contribution < 1.29 is 17.6 Å². The van der Waals surface area contributed by atoms with Gasteiger partial charge in [0.25, 0.3) is 0 Å². The lowest BCUT2D eigenvalue weighted by Gasteiger charge is -2.10. The zero-order chi connectivity index (χ0) is 15.1. The fraction of sp³-hybridized carbons (Fsp3) is 0.400. The second-order valence-electron chi connectivity index (χ2n) is 4.62. The van der Waals surface area contributed by atoms with Crippen molar-refractivity contribution in [3.05, 3.63) is 46.5 Å². The van der Waals surface area contributed by atoms with E-state index in [0.717, 1.165) is 18.4 Å². The summed E-state index contributed by atoms with van der Waals surface area (Å²) in [5.74, 6) is -0.164. The average molecular weight is 298 g/mol. The molecule has 0 saturated carbocycles. The summed E-state index contributed by atoms with van der Waals surface area (Å²) in [6.45, 7) is 3.69. The summed E-state index contributed by atoms with van der Waals surface area (Å²) >= 11 is 0. The molecule has 0 atom stereocenters. The topological polar surface area (TPSA) is 51.2 Å². The van der Waals surface area contributed by atoms with Crippen LogP contribution in [-0.4, -0.2) is 14.5 Å². The summed E-state index contributed by atoms with van der Waals surface area (Å²) in [6.07, 6.45) is 6.49. The molecule has 0 aliphatic heterocycles. The van der Waals surface area contributed by atoms with Gasteiger partial charge in [0.1, 0.15) is 10.7 Å². The van der Waals surface area contributed by atoms with Crippen molar-refractivity contribution in [1.29, 1.82) is 0 Å². The molecule has 0 saturated heterocycles. The minimum Gasteiger partial charge on any atom is -0.255 e. The van der Waals surface area contributed by atoms with E-state index in [1.165, 1.54) is 6.07 Å². The van der Waals surface area contributed by atoms with Crippen LogP contribution in [0.15, 0.2) is 24.3 Å². The van der Waals surface area contributed by atoms with E-state index >= 15 is 0 Å². The number of carbonyl (C=O) groups excluding carboxylic acids is 1. The number of hydrogen-bond donors (Lipinski definition) is 1. The predicted molar refractivity (Wildman–Crippen MR) is 78.4 cm³/mol. The van der Waals surface area contributed by atoms with Gasteiger partial charge < -0.3 is 0 Å². The normalized spacial score (nSPS) is 11.4. The number of halogens is 1. The highest BCUT2D eigenvalue weighted by Crippen LogP contribution is 2.20. The van der Waals surface area contributed by atoms with Crippen LogP contribution in [0.2, 0.25) is 0 Å². The maximum atomic E-state index is 12.9. The molecular formula is C15H19FO3S. The molecule has 0 aliphatic rings. The van der Waals surface area contributed by atoms with Crippen LogP contribution in [-0.2, 0) is 22.9 Å². The highest BCUT2D eigenvalue weighted by atomic mass is 32.2. The van der Waals surface area contributed by atoms with E-state index in [-0.39, 0.29) is 11.3 Å². The van der Waals surface area contributed by atoms with Crippen LogP contribution < -0.4 is 0 Å². The first-order valence-corrected chi connectivity index (χ1v) is 7.91. The molecule has 0 N–H and O–H groups in total. The third-order valence-corrected chi connectivity index (χ3v) is 3.64. The van der Waals surface area contributed by atoms with Gasteiger partial charge in [-0.3, -0.25) is 4.79 Å². The third-order valence-electron chi connectivity index (χ3n) is 3.04. The SMILES string of the molecule is CCC=CCCc1cc(C)c(C(=O)F)cc1C[SH](=O)=O. The number of thiol groups is 1. The number of benzene rings is 1. The van der Waals surface area contributed by atoms with Crippen LogP contribution >= 0.6 is 0 Å². The Hall–Kier alpha value is -1.49. The Morgan fingerprint density at radius 1 is 1.25 bits per heavy atom. The summed E-state index contributed by atoms with van der Waals surface area (Å²) < 4.78 is 34.7. The molecule has 0 heterocycles. The molecule has 1 aromatic rings. The van der Waals surface area contributed by atoms with Gasteiger partial charge in [-0.25, -0.2) is 8.42 Å². The van der Waals surface area contributed by atoms with E-state index in [2.05, 4.69) is 0 Å². The number of rotatable bonds is 7. The highest BCUT2D eigenvalue weighted by Gasteiger charge is 2.13. The van der Waals surface area contributed by atoms with Crippen molar-refractivity contribution in [3.8, 4) is 0 Å². The monoisotopic (exact) mass is 298 g/mol. The number of aryl methyl sites for hydroxylation is 2. The lowest BCUT2D eigenvalue weighted by atomic mass is 9.97. The minimum atomic E-state index is -2.61. The molecule has 1 aromatic carbocycles. The average Bonchev–Trinajstić information content (AvgIpc) is 2.36. The maximum Gasteiger partial charge on any atom is 0.332 e. The summed E-state index contributed by atoms with van der Waals surface area (Å²) in [4.78, 5) is 10.9. The first kappa shape index (κ1) is 16.6. The smallest absolute Gasteiger partial charge is 0.255 e. The highest BCUT2D eigenvalue weighted by molar-refractivity contribution is 7.71. The second kappa shape index (κ2) is 7.94. The van der Waals surface area contributed by atoms with Crippen LogP contribution in [0, 0.1) is 6.92 Å². The van der Waals surface area contributed by atoms with Crippen molar-refractivity contribution >= 4 is 16.7 Å². The van der Waals surface area contributed by atoms with E-state index in [1.54, 1.807) is 13.0 Å². The van der Waals surface area contributed by atoms with Crippen LogP contribution in [0.3, 0.4) is 0 Å². The molecule has 3 nitrogen and oxygen atoms in total.